The summed E-state index contributed by atoms with van der Waals surface area (Å²) in [6.45, 7) is 0. The summed E-state index contributed by atoms with van der Waals surface area (Å²) in [7, 11) is 2.96. The van der Waals surface area contributed by atoms with Crippen LogP contribution in [0, 0.1) is 0 Å². The summed E-state index contributed by atoms with van der Waals surface area (Å²) in [6.07, 6.45) is 3.78. The standard InChI is InChI=1S/C17H15ClO3/c1-20-15-9-8-13(16(18)11-15)7-6-12-4-3-5-14(10-12)17(19)21-2/h3-11H,1-2H3/b7-6+. The number of benzene rings is 2. The molecular formula is C17H15ClO3. The lowest BCUT2D eigenvalue weighted by Crippen LogP contribution is -2.00. The van der Waals surface area contributed by atoms with E-state index in [0.717, 1.165) is 11.1 Å². The predicted octanol–water partition coefficient (Wildman–Crippen LogP) is 4.31. The van der Waals surface area contributed by atoms with Crippen molar-refractivity contribution in [3.63, 3.8) is 0 Å². The average molecular weight is 303 g/mol. The quantitative estimate of drug-likeness (QED) is 0.624. The van der Waals surface area contributed by atoms with E-state index in [1.807, 2.05) is 36.4 Å². The first-order valence-corrected chi connectivity index (χ1v) is 6.72. The first-order chi connectivity index (χ1) is 10.1. The van der Waals surface area contributed by atoms with E-state index in [0.29, 0.717) is 16.3 Å². The van der Waals surface area contributed by atoms with Crippen molar-refractivity contribution in [1.82, 2.24) is 0 Å². The number of rotatable bonds is 4. The van der Waals surface area contributed by atoms with Crippen molar-refractivity contribution in [3.05, 3.63) is 64.2 Å². The third kappa shape index (κ3) is 3.86. The van der Waals surface area contributed by atoms with Crippen molar-refractivity contribution < 1.29 is 14.3 Å². The lowest BCUT2D eigenvalue weighted by Gasteiger charge is -2.03. The van der Waals surface area contributed by atoms with Crippen LogP contribution in [-0.4, -0.2) is 20.2 Å². The number of carbonyl (C=O) groups is 1. The summed E-state index contributed by atoms with van der Waals surface area (Å²) in [5.74, 6) is 0.359. The van der Waals surface area contributed by atoms with Crippen molar-refractivity contribution in [2.45, 2.75) is 0 Å². The third-order valence-corrected chi connectivity index (χ3v) is 3.30. The summed E-state index contributed by atoms with van der Waals surface area (Å²) < 4.78 is 9.81. The minimum atomic E-state index is -0.354. The van der Waals surface area contributed by atoms with Crippen LogP contribution in [0.4, 0.5) is 0 Å². The molecule has 0 aliphatic rings. The van der Waals surface area contributed by atoms with E-state index in [1.165, 1.54) is 7.11 Å². The molecule has 108 valence electrons. The molecule has 4 heteroatoms. The van der Waals surface area contributed by atoms with Crippen molar-refractivity contribution in [2.24, 2.45) is 0 Å². The Bertz CT molecular complexity index is 677. The Labute approximate surface area is 128 Å². The molecule has 2 aromatic rings. The van der Waals surface area contributed by atoms with Gasteiger partial charge in [0.2, 0.25) is 0 Å². The topological polar surface area (TPSA) is 35.5 Å². The van der Waals surface area contributed by atoms with Gasteiger partial charge in [-0.05, 0) is 41.5 Å². The SMILES string of the molecule is COC(=O)c1cccc(/C=C/c2ccc(OC)cc2Cl)c1. The fraction of sp³-hybridized carbons (Fsp3) is 0.118. The van der Waals surface area contributed by atoms with Crippen LogP contribution in [0.15, 0.2) is 42.5 Å². The van der Waals surface area contributed by atoms with Crippen molar-refractivity contribution in [3.8, 4) is 5.75 Å². The van der Waals surface area contributed by atoms with Gasteiger partial charge in [-0.15, -0.1) is 0 Å². The summed E-state index contributed by atoms with van der Waals surface area (Å²) >= 11 is 6.17. The Balaban J connectivity index is 2.23. The third-order valence-electron chi connectivity index (χ3n) is 2.97. The largest absolute Gasteiger partial charge is 0.497 e. The molecule has 0 N–H and O–H groups in total. The molecule has 2 rings (SSSR count). The maximum Gasteiger partial charge on any atom is 0.337 e. The first-order valence-electron chi connectivity index (χ1n) is 6.34. The van der Waals surface area contributed by atoms with Crippen LogP contribution in [0.5, 0.6) is 5.75 Å². The van der Waals surface area contributed by atoms with Gasteiger partial charge in [0.05, 0.1) is 24.8 Å². The molecule has 3 nitrogen and oxygen atoms in total. The molecule has 0 aliphatic carbocycles. The van der Waals surface area contributed by atoms with Gasteiger partial charge in [0.25, 0.3) is 0 Å². The van der Waals surface area contributed by atoms with Gasteiger partial charge in [-0.2, -0.15) is 0 Å². The molecule has 0 saturated heterocycles. The van der Waals surface area contributed by atoms with Gasteiger partial charge in [0.15, 0.2) is 0 Å². The number of esters is 1. The van der Waals surface area contributed by atoms with Gasteiger partial charge in [-0.25, -0.2) is 4.79 Å². The monoisotopic (exact) mass is 302 g/mol. The lowest BCUT2D eigenvalue weighted by molar-refractivity contribution is 0.0600. The summed E-state index contributed by atoms with van der Waals surface area (Å²) in [5, 5.41) is 0.606. The summed E-state index contributed by atoms with van der Waals surface area (Å²) in [5.41, 5.74) is 2.28. The number of methoxy groups -OCH3 is 2. The fourth-order valence-electron chi connectivity index (χ4n) is 1.84. The highest BCUT2D eigenvalue weighted by Gasteiger charge is 2.04. The van der Waals surface area contributed by atoms with E-state index in [4.69, 9.17) is 21.1 Å². The van der Waals surface area contributed by atoms with Crippen LogP contribution < -0.4 is 4.74 Å². The minimum absolute atomic E-state index is 0.354. The van der Waals surface area contributed by atoms with E-state index >= 15 is 0 Å². The molecule has 0 unspecified atom stereocenters. The first kappa shape index (κ1) is 15.1. The number of hydrogen-bond acceptors (Lipinski definition) is 3. The van der Waals surface area contributed by atoms with Gasteiger partial charge in [0.1, 0.15) is 5.75 Å². The van der Waals surface area contributed by atoms with Crippen LogP contribution in [0.3, 0.4) is 0 Å². The Kier molecular flexibility index (Phi) is 5.01. The summed E-state index contributed by atoms with van der Waals surface area (Å²) in [6, 6.07) is 12.7. The predicted molar refractivity (Wildman–Crippen MR) is 84.7 cm³/mol. The molecular weight excluding hydrogens is 288 g/mol. The number of halogens is 1. The maximum atomic E-state index is 11.5. The van der Waals surface area contributed by atoms with Crippen LogP contribution in [-0.2, 0) is 4.74 Å². The molecule has 0 fully saturated rings. The maximum absolute atomic E-state index is 11.5. The van der Waals surface area contributed by atoms with Gasteiger partial charge >= 0.3 is 5.97 Å². The van der Waals surface area contributed by atoms with Gasteiger partial charge in [0, 0.05) is 0 Å². The van der Waals surface area contributed by atoms with E-state index in [9.17, 15) is 4.79 Å². The molecule has 0 atom stereocenters. The normalized spacial score (nSPS) is 10.6. The Morgan fingerprint density at radius 3 is 2.57 bits per heavy atom. The molecule has 0 aliphatic heterocycles. The van der Waals surface area contributed by atoms with Crippen molar-refractivity contribution in [1.29, 1.82) is 0 Å². The molecule has 0 radical (unpaired) electrons. The molecule has 0 saturated carbocycles. The highest BCUT2D eigenvalue weighted by atomic mass is 35.5. The smallest absolute Gasteiger partial charge is 0.337 e. The second kappa shape index (κ2) is 6.95. The number of ether oxygens (including phenoxy) is 2. The van der Waals surface area contributed by atoms with E-state index in [-0.39, 0.29) is 5.97 Å². The molecule has 21 heavy (non-hydrogen) atoms. The zero-order chi connectivity index (χ0) is 15.2. The summed E-state index contributed by atoms with van der Waals surface area (Å²) in [4.78, 5) is 11.5. The van der Waals surface area contributed by atoms with Crippen LogP contribution >= 0.6 is 11.6 Å². The van der Waals surface area contributed by atoms with E-state index in [1.54, 1.807) is 25.3 Å². The van der Waals surface area contributed by atoms with Crippen LogP contribution in [0.2, 0.25) is 5.02 Å². The molecule has 2 aromatic carbocycles. The fourth-order valence-corrected chi connectivity index (χ4v) is 2.08. The second-order valence-corrected chi connectivity index (χ2v) is 4.75. The molecule has 0 aromatic heterocycles. The van der Waals surface area contributed by atoms with E-state index in [2.05, 4.69) is 0 Å². The van der Waals surface area contributed by atoms with Crippen LogP contribution in [0.1, 0.15) is 21.5 Å². The highest BCUT2D eigenvalue weighted by molar-refractivity contribution is 6.32. The molecule has 0 bridgehead atoms. The van der Waals surface area contributed by atoms with E-state index < -0.39 is 0 Å². The van der Waals surface area contributed by atoms with Crippen molar-refractivity contribution >= 4 is 29.7 Å². The van der Waals surface area contributed by atoms with Gasteiger partial charge < -0.3 is 9.47 Å². The Morgan fingerprint density at radius 1 is 1.10 bits per heavy atom. The van der Waals surface area contributed by atoms with Crippen LogP contribution in [0.25, 0.3) is 12.2 Å². The lowest BCUT2D eigenvalue weighted by atomic mass is 10.1. The highest BCUT2D eigenvalue weighted by Crippen LogP contribution is 2.24. The molecule has 0 spiro atoms. The van der Waals surface area contributed by atoms with Gasteiger partial charge in [-0.1, -0.05) is 35.9 Å². The number of hydrogen-bond donors (Lipinski definition) is 0. The number of carbonyl (C=O) groups excluding carboxylic acids is 1. The Morgan fingerprint density at radius 2 is 1.90 bits per heavy atom. The minimum Gasteiger partial charge on any atom is -0.497 e. The van der Waals surface area contributed by atoms with Crippen molar-refractivity contribution in [2.75, 3.05) is 14.2 Å². The molecule has 0 amide bonds. The Hall–Kier alpha value is -2.26. The van der Waals surface area contributed by atoms with Gasteiger partial charge in [-0.3, -0.25) is 0 Å². The molecule has 0 heterocycles. The average Bonchev–Trinajstić information content (AvgIpc) is 2.53. The zero-order valence-electron chi connectivity index (χ0n) is 11.8. The second-order valence-electron chi connectivity index (χ2n) is 4.34. The zero-order valence-corrected chi connectivity index (χ0v) is 12.6.